The monoisotopic (exact) mass is 391 g/mol. The molecule has 0 aliphatic carbocycles. The maximum absolute atomic E-state index is 13.3. The number of rotatable bonds is 5. The fraction of sp³-hybridized carbons (Fsp3) is 0.238. The standard InChI is InChI=1S/C21H21N5OS/c1-4-15-8-7-10-18-19(15)23-21(28-18)26(13-16-9-5-6-11-22-16)20(27)17-12-14(2)25(3)24-17/h5-12H,4,13H2,1-3H3. The smallest absolute Gasteiger partial charge is 0.276 e. The van der Waals surface area contributed by atoms with E-state index in [0.29, 0.717) is 17.4 Å². The molecule has 3 aromatic heterocycles. The van der Waals surface area contributed by atoms with Crippen molar-refractivity contribution in [1.29, 1.82) is 0 Å². The van der Waals surface area contributed by atoms with Crippen LogP contribution in [0.4, 0.5) is 5.13 Å². The zero-order valence-electron chi connectivity index (χ0n) is 16.1. The summed E-state index contributed by atoms with van der Waals surface area (Å²) >= 11 is 1.52. The number of aryl methyl sites for hydroxylation is 3. The number of aromatic nitrogens is 4. The molecule has 0 aliphatic rings. The van der Waals surface area contributed by atoms with E-state index in [1.54, 1.807) is 21.8 Å². The van der Waals surface area contributed by atoms with Crippen molar-refractivity contribution >= 4 is 32.6 Å². The molecule has 0 bridgehead atoms. The number of amides is 1. The summed E-state index contributed by atoms with van der Waals surface area (Å²) in [5.41, 5.74) is 4.28. The van der Waals surface area contributed by atoms with Crippen LogP contribution in [-0.2, 0) is 20.0 Å². The Hall–Kier alpha value is -3.06. The first kappa shape index (κ1) is 18.3. The molecule has 0 saturated carbocycles. The molecule has 142 valence electrons. The first-order chi connectivity index (χ1) is 13.6. The third-order valence-corrected chi connectivity index (χ3v) is 5.77. The summed E-state index contributed by atoms with van der Waals surface area (Å²) in [4.78, 5) is 24.2. The van der Waals surface area contributed by atoms with Gasteiger partial charge < -0.3 is 0 Å². The quantitative estimate of drug-likeness (QED) is 0.513. The van der Waals surface area contributed by atoms with E-state index < -0.39 is 0 Å². The van der Waals surface area contributed by atoms with Gasteiger partial charge in [0.25, 0.3) is 5.91 Å². The maximum Gasteiger partial charge on any atom is 0.280 e. The van der Waals surface area contributed by atoms with Gasteiger partial charge in [-0.3, -0.25) is 19.4 Å². The lowest BCUT2D eigenvalue weighted by atomic mass is 10.1. The van der Waals surface area contributed by atoms with Crippen LogP contribution in [0.5, 0.6) is 0 Å². The Bertz CT molecular complexity index is 1110. The van der Waals surface area contributed by atoms with Gasteiger partial charge in [0.15, 0.2) is 10.8 Å². The number of hydrogen-bond donors (Lipinski definition) is 0. The van der Waals surface area contributed by atoms with Crippen molar-refractivity contribution in [2.75, 3.05) is 4.90 Å². The molecule has 0 saturated heterocycles. The van der Waals surface area contributed by atoms with Crippen molar-refractivity contribution in [3.8, 4) is 0 Å². The minimum absolute atomic E-state index is 0.175. The first-order valence-corrected chi connectivity index (χ1v) is 9.99. The Kier molecular flexibility index (Phi) is 4.92. The van der Waals surface area contributed by atoms with Crippen molar-refractivity contribution in [3.63, 3.8) is 0 Å². The van der Waals surface area contributed by atoms with E-state index in [0.717, 1.165) is 28.0 Å². The third kappa shape index (κ3) is 3.41. The molecule has 4 rings (SSSR count). The summed E-state index contributed by atoms with van der Waals surface area (Å²) < 4.78 is 2.78. The highest BCUT2D eigenvalue weighted by molar-refractivity contribution is 7.22. The van der Waals surface area contributed by atoms with Gasteiger partial charge >= 0.3 is 0 Å². The molecule has 6 nitrogen and oxygen atoms in total. The Morgan fingerprint density at radius 2 is 2.07 bits per heavy atom. The highest BCUT2D eigenvalue weighted by Crippen LogP contribution is 2.32. The van der Waals surface area contributed by atoms with Gasteiger partial charge in [0, 0.05) is 18.9 Å². The molecule has 0 fully saturated rings. The molecule has 0 aliphatic heterocycles. The minimum atomic E-state index is -0.175. The van der Waals surface area contributed by atoms with Crippen LogP contribution in [0.3, 0.4) is 0 Å². The van der Waals surface area contributed by atoms with Crippen molar-refractivity contribution in [3.05, 3.63) is 71.3 Å². The lowest BCUT2D eigenvalue weighted by Crippen LogP contribution is -2.31. The van der Waals surface area contributed by atoms with Crippen LogP contribution in [-0.4, -0.2) is 25.7 Å². The molecule has 1 aromatic carbocycles. The second-order valence-corrected chi connectivity index (χ2v) is 7.63. The molecule has 0 unspecified atom stereocenters. The van der Waals surface area contributed by atoms with Crippen LogP contribution in [0.25, 0.3) is 10.2 Å². The highest BCUT2D eigenvalue weighted by atomic mass is 32.1. The van der Waals surface area contributed by atoms with Crippen LogP contribution in [0.1, 0.15) is 34.4 Å². The van der Waals surface area contributed by atoms with E-state index in [-0.39, 0.29) is 5.91 Å². The third-order valence-electron chi connectivity index (χ3n) is 4.73. The lowest BCUT2D eigenvalue weighted by molar-refractivity contribution is 0.0979. The Morgan fingerprint density at radius 1 is 1.21 bits per heavy atom. The molecule has 3 heterocycles. The Balaban J connectivity index is 1.79. The largest absolute Gasteiger partial charge is 0.280 e. The van der Waals surface area contributed by atoms with Gasteiger partial charge in [0.2, 0.25) is 0 Å². The van der Waals surface area contributed by atoms with Gasteiger partial charge in [0.05, 0.1) is 22.5 Å². The van der Waals surface area contributed by atoms with Gasteiger partial charge in [-0.1, -0.05) is 36.5 Å². The molecule has 1 amide bonds. The summed E-state index contributed by atoms with van der Waals surface area (Å²) in [7, 11) is 1.83. The number of para-hydroxylation sites is 1. The molecule has 4 aromatic rings. The number of carbonyl (C=O) groups is 1. The minimum Gasteiger partial charge on any atom is -0.276 e. The Labute approximate surface area is 167 Å². The zero-order chi connectivity index (χ0) is 19.7. The topological polar surface area (TPSA) is 63.9 Å². The molecule has 0 spiro atoms. The summed E-state index contributed by atoms with van der Waals surface area (Å²) in [6, 6.07) is 13.7. The lowest BCUT2D eigenvalue weighted by Gasteiger charge is -2.18. The van der Waals surface area contributed by atoms with Gasteiger partial charge in [-0.25, -0.2) is 4.98 Å². The number of fused-ring (bicyclic) bond motifs is 1. The summed E-state index contributed by atoms with van der Waals surface area (Å²) in [6.45, 7) is 4.38. The van der Waals surface area contributed by atoms with Gasteiger partial charge in [-0.2, -0.15) is 5.10 Å². The highest BCUT2D eigenvalue weighted by Gasteiger charge is 2.25. The Morgan fingerprint density at radius 3 is 2.75 bits per heavy atom. The van der Waals surface area contributed by atoms with Gasteiger partial charge in [-0.05, 0) is 43.2 Å². The maximum atomic E-state index is 13.3. The van der Waals surface area contributed by atoms with Gasteiger partial charge in [0.1, 0.15) is 0 Å². The molecular weight excluding hydrogens is 370 g/mol. The molecule has 0 N–H and O–H groups in total. The first-order valence-electron chi connectivity index (χ1n) is 9.17. The van der Waals surface area contributed by atoms with Crippen molar-refractivity contribution in [1.82, 2.24) is 19.7 Å². The van der Waals surface area contributed by atoms with E-state index in [2.05, 4.69) is 23.1 Å². The molecular formula is C21H21N5OS. The number of nitrogens with zero attached hydrogens (tertiary/aromatic N) is 5. The second-order valence-electron chi connectivity index (χ2n) is 6.62. The summed E-state index contributed by atoms with van der Waals surface area (Å²) in [6.07, 6.45) is 2.63. The fourth-order valence-corrected chi connectivity index (χ4v) is 4.09. The van der Waals surface area contributed by atoms with Crippen molar-refractivity contribution < 1.29 is 4.79 Å². The number of hydrogen-bond acceptors (Lipinski definition) is 5. The van der Waals surface area contributed by atoms with Crippen LogP contribution < -0.4 is 4.90 Å². The average molecular weight is 392 g/mol. The van der Waals surface area contributed by atoms with E-state index >= 15 is 0 Å². The number of carbonyl (C=O) groups excluding carboxylic acids is 1. The molecule has 0 atom stereocenters. The number of benzene rings is 1. The summed E-state index contributed by atoms with van der Waals surface area (Å²) in [5.74, 6) is -0.175. The van der Waals surface area contributed by atoms with E-state index in [9.17, 15) is 4.79 Å². The predicted molar refractivity (Wildman–Crippen MR) is 112 cm³/mol. The van der Waals surface area contributed by atoms with Crippen molar-refractivity contribution in [2.24, 2.45) is 7.05 Å². The number of pyridine rings is 1. The average Bonchev–Trinajstić information content (AvgIpc) is 3.29. The zero-order valence-corrected chi connectivity index (χ0v) is 16.9. The normalized spacial score (nSPS) is 11.1. The number of anilines is 1. The molecule has 0 radical (unpaired) electrons. The van der Waals surface area contributed by atoms with Crippen LogP contribution in [0, 0.1) is 6.92 Å². The molecule has 7 heteroatoms. The number of thiazole rings is 1. The van der Waals surface area contributed by atoms with E-state index in [4.69, 9.17) is 4.98 Å². The summed E-state index contributed by atoms with van der Waals surface area (Å²) in [5, 5.41) is 5.03. The fourth-order valence-electron chi connectivity index (χ4n) is 3.08. The van der Waals surface area contributed by atoms with E-state index in [1.807, 2.05) is 44.3 Å². The van der Waals surface area contributed by atoms with Crippen LogP contribution in [0.15, 0.2) is 48.7 Å². The predicted octanol–water partition coefficient (Wildman–Crippen LogP) is 4.14. The SMILES string of the molecule is CCc1cccc2sc(N(Cc3ccccn3)C(=O)c3cc(C)n(C)n3)nc12. The van der Waals surface area contributed by atoms with E-state index in [1.165, 1.54) is 16.9 Å². The van der Waals surface area contributed by atoms with Crippen LogP contribution in [0.2, 0.25) is 0 Å². The van der Waals surface area contributed by atoms with Crippen molar-refractivity contribution in [2.45, 2.75) is 26.8 Å². The van der Waals surface area contributed by atoms with Gasteiger partial charge in [-0.15, -0.1) is 0 Å². The second kappa shape index (κ2) is 7.52. The molecule has 28 heavy (non-hydrogen) atoms. The van der Waals surface area contributed by atoms with Crippen LogP contribution >= 0.6 is 11.3 Å².